The van der Waals surface area contributed by atoms with Gasteiger partial charge in [0, 0.05) is 35.4 Å². The summed E-state index contributed by atoms with van der Waals surface area (Å²) in [7, 11) is 0. The normalized spacial score (nSPS) is 16.2. The molecule has 26 heavy (non-hydrogen) atoms. The lowest BCUT2D eigenvalue weighted by molar-refractivity contribution is 0.363. The van der Waals surface area contributed by atoms with E-state index in [1.54, 1.807) is 24.8 Å². The zero-order valence-corrected chi connectivity index (χ0v) is 13.9. The first kappa shape index (κ1) is 15.8. The lowest BCUT2D eigenvalue weighted by atomic mass is 10.2. The molecule has 4 rings (SSSR count). The molecule has 1 aromatic heterocycles. The van der Waals surface area contributed by atoms with Crippen LogP contribution in [0.4, 0.5) is 5.82 Å². The van der Waals surface area contributed by atoms with E-state index in [-0.39, 0.29) is 0 Å². The molecular weight excluding hydrogens is 326 g/mol. The van der Waals surface area contributed by atoms with Crippen molar-refractivity contribution in [3.05, 3.63) is 71.6 Å². The van der Waals surface area contributed by atoms with Crippen LogP contribution in [0.15, 0.2) is 76.0 Å². The Labute approximate surface area is 149 Å². The van der Waals surface area contributed by atoms with Crippen LogP contribution in [0.5, 0.6) is 5.75 Å². The van der Waals surface area contributed by atoms with Crippen LogP contribution in [0.2, 0.25) is 0 Å². The Hall–Kier alpha value is -3.67. The summed E-state index contributed by atoms with van der Waals surface area (Å²) < 4.78 is 5.74. The molecule has 2 heterocycles. The molecule has 0 N–H and O–H groups in total. The summed E-state index contributed by atoms with van der Waals surface area (Å²) in [6.07, 6.45) is 10.0. The van der Waals surface area contributed by atoms with Crippen LogP contribution in [0.1, 0.15) is 0 Å². The molecule has 0 unspecified atom stereocenters. The number of hydrogen-bond acceptors (Lipinski definition) is 6. The van der Waals surface area contributed by atoms with Gasteiger partial charge in [-0.1, -0.05) is 18.2 Å². The van der Waals surface area contributed by atoms with Gasteiger partial charge >= 0.3 is 0 Å². The third-order valence-electron chi connectivity index (χ3n) is 3.74. The average molecular weight is 341 g/mol. The van der Waals surface area contributed by atoms with Crippen molar-refractivity contribution < 1.29 is 4.74 Å². The minimum atomic E-state index is 0.412. The molecule has 0 fully saturated rings. The first-order valence-corrected chi connectivity index (χ1v) is 8.12. The first-order valence-electron chi connectivity index (χ1n) is 8.12. The first-order chi connectivity index (χ1) is 12.9. The fourth-order valence-electron chi connectivity index (χ4n) is 2.51. The zero-order chi connectivity index (χ0) is 17.6. The van der Waals surface area contributed by atoms with Crippen LogP contribution in [0, 0.1) is 0 Å². The van der Waals surface area contributed by atoms with Gasteiger partial charge in [-0.3, -0.25) is 9.98 Å². The fraction of sp³-hybridized carbons (Fsp3) is 0.0500. The van der Waals surface area contributed by atoms with E-state index in [0.29, 0.717) is 12.4 Å². The second kappa shape index (κ2) is 7.48. The molecule has 0 amide bonds. The van der Waals surface area contributed by atoms with Gasteiger partial charge in [-0.05, 0) is 30.3 Å². The standard InChI is InChI=1S/C20H15N5O/c1-2-5-18-15(4-1)13-22-10-9-21-8-3-11-26-16-6-7-19-17(12-16)20(25-18)24-14-23-19/h1-10,12-14H,11H2/b8-3+,15-13+,21-9?,22-10?,25-18?. The molecule has 1 aliphatic rings. The molecule has 0 spiro atoms. The van der Waals surface area contributed by atoms with Gasteiger partial charge in [-0.15, -0.1) is 0 Å². The molecular formula is C20H15N5O. The summed E-state index contributed by atoms with van der Waals surface area (Å²) in [5, 5.41) is 2.50. The van der Waals surface area contributed by atoms with Gasteiger partial charge in [0.1, 0.15) is 18.7 Å². The highest BCUT2D eigenvalue weighted by atomic mass is 16.5. The third kappa shape index (κ3) is 3.54. The molecule has 0 saturated carbocycles. The molecule has 0 atom stereocenters. The van der Waals surface area contributed by atoms with Crippen molar-refractivity contribution in [2.75, 3.05) is 6.61 Å². The lowest BCUT2D eigenvalue weighted by Gasteiger charge is -2.05. The molecule has 126 valence electrons. The van der Waals surface area contributed by atoms with Gasteiger partial charge in [-0.25, -0.2) is 15.0 Å². The number of para-hydroxylation sites is 1. The van der Waals surface area contributed by atoms with E-state index in [1.807, 2.05) is 48.5 Å². The number of aromatic nitrogens is 2. The van der Waals surface area contributed by atoms with E-state index in [0.717, 1.165) is 27.2 Å². The zero-order valence-electron chi connectivity index (χ0n) is 13.9. The minimum Gasteiger partial charge on any atom is -0.489 e. The topological polar surface area (TPSA) is 72.1 Å². The molecule has 0 saturated heterocycles. The van der Waals surface area contributed by atoms with Crippen molar-refractivity contribution in [2.24, 2.45) is 15.0 Å². The number of benzene rings is 2. The van der Waals surface area contributed by atoms with Crippen molar-refractivity contribution in [3.63, 3.8) is 0 Å². The summed E-state index contributed by atoms with van der Waals surface area (Å²) in [6.45, 7) is 0.412. The van der Waals surface area contributed by atoms with Gasteiger partial charge < -0.3 is 4.74 Å². The number of rotatable bonds is 0. The summed E-state index contributed by atoms with van der Waals surface area (Å²) in [5.41, 5.74) is 0.812. The largest absolute Gasteiger partial charge is 0.489 e. The van der Waals surface area contributed by atoms with E-state index in [1.165, 1.54) is 6.33 Å². The van der Waals surface area contributed by atoms with Crippen LogP contribution < -0.4 is 15.3 Å². The van der Waals surface area contributed by atoms with Crippen molar-refractivity contribution in [1.29, 1.82) is 0 Å². The van der Waals surface area contributed by atoms with Crippen molar-refractivity contribution in [2.45, 2.75) is 0 Å². The maximum absolute atomic E-state index is 5.74. The summed E-state index contributed by atoms with van der Waals surface area (Å²) in [5.74, 6) is 1.32. The monoisotopic (exact) mass is 341 g/mol. The summed E-state index contributed by atoms with van der Waals surface area (Å²) >= 11 is 0. The molecule has 0 radical (unpaired) electrons. The van der Waals surface area contributed by atoms with Gasteiger partial charge in [-0.2, -0.15) is 0 Å². The predicted octanol–water partition coefficient (Wildman–Crippen LogP) is 2.37. The van der Waals surface area contributed by atoms with Gasteiger partial charge in [0.05, 0.1) is 10.9 Å². The highest BCUT2D eigenvalue weighted by Crippen LogP contribution is 2.25. The highest BCUT2D eigenvalue weighted by Gasteiger charge is 2.04. The maximum Gasteiger partial charge on any atom is 0.163 e. The van der Waals surface area contributed by atoms with E-state index in [4.69, 9.17) is 9.73 Å². The summed E-state index contributed by atoms with van der Waals surface area (Å²) in [4.78, 5) is 21.8. The molecule has 3 aromatic rings. The van der Waals surface area contributed by atoms with Crippen molar-refractivity contribution in [1.82, 2.24) is 9.97 Å². The second-order valence-corrected chi connectivity index (χ2v) is 5.47. The van der Waals surface area contributed by atoms with Gasteiger partial charge in [0.25, 0.3) is 0 Å². The molecule has 6 nitrogen and oxygen atoms in total. The number of hydrogen-bond donors (Lipinski definition) is 0. The Morgan fingerprint density at radius 1 is 0.923 bits per heavy atom. The van der Waals surface area contributed by atoms with E-state index >= 15 is 0 Å². The highest BCUT2D eigenvalue weighted by molar-refractivity contribution is 6.16. The Kier molecular flexibility index (Phi) is 4.56. The maximum atomic E-state index is 5.74. The number of aliphatic imine (C=N–C) groups is 2. The second-order valence-electron chi connectivity index (χ2n) is 5.47. The van der Waals surface area contributed by atoms with E-state index in [9.17, 15) is 0 Å². The Morgan fingerprint density at radius 3 is 2.85 bits per heavy atom. The minimum absolute atomic E-state index is 0.412. The van der Waals surface area contributed by atoms with Crippen LogP contribution in [0.25, 0.3) is 17.1 Å². The van der Waals surface area contributed by atoms with Crippen LogP contribution in [-0.4, -0.2) is 29.0 Å². The average Bonchev–Trinajstić information content (AvgIpc) is 2.67. The fourth-order valence-corrected chi connectivity index (χ4v) is 2.51. The van der Waals surface area contributed by atoms with Gasteiger partial charge in [0.15, 0.2) is 5.82 Å². The van der Waals surface area contributed by atoms with E-state index < -0.39 is 0 Å². The van der Waals surface area contributed by atoms with Crippen LogP contribution in [-0.2, 0) is 0 Å². The van der Waals surface area contributed by atoms with Crippen molar-refractivity contribution in [3.8, 4) is 5.75 Å². The number of fused-ring (bicyclic) bond motifs is 2. The molecule has 2 aromatic carbocycles. The Balaban J connectivity index is 1.97. The third-order valence-corrected chi connectivity index (χ3v) is 3.74. The lowest BCUT2D eigenvalue weighted by Crippen LogP contribution is -2.23. The van der Waals surface area contributed by atoms with E-state index in [2.05, 4.69) is 20.0 Å². The summed E-state index contributed by atoms with van der Waals surface area (Å²) in [6, 6.07) is 13.4. The molecule has 6 heteroatoms. The van der Waals surface area contributed by atoms with Crippen LogP contribution in [0.3, 0.4) is 0 Å². The SMILES string of the molecule is C1=N/C=C/COc2ccc3ncnc(c3c2)N=c2cccc/c2=C\N=C1. The van der Waals surface area contributed by atoms with Crippen molar-refractivity contribution >= 4 is 35.3 Å². The predicted molar refractivity (Wildman–Crippen MR) is 103 cm³/mol. The van der Waals surface area contributed by atoms with Gasteiger partial charge in [0.2, 0.25) is 0 Å². The quantitative estimate of drug-likeness (QED) is 0.630. The molecule has 2 bridgehead atoms. The number of nitrogens with zero attached hydrogens (tertiary/aromatic N) is 5. The smallest absolute Gasteiger partial charge is 0.163 e. The Bertz CT molecular complexity index is 1150. The molecule has 0 aliphatic carbocycles. The molecule has 1 aliphatic heterocycles. The van der Waals surface area contributed by atoms with Crippen LogP contribution >= 0.6 is 0 Å². The Morgan fingerprint density at radius 2 is 1.85 bits per heavy atom. The number of ether oxygens (including phenoxy) is 1.